The molecule has 0 unspecified atom stereocenters. The van der Waals surface area contributed by atoms with E-state index in [2.05, 4.69) is 19.2 Å². The van der Waals surface area contributed by atoms with E-state index >= 15 is 0 Å². The normalized spacial score (nSPS) is 10.6. The number of hydrogen-bond acceptors (Lipinski definition) is 4. The highest BCUT2D eigenvalue weighted by atomic mass is 16.5. The Hall–Kier alpha value is -2.36. The maximum absolute atomic E-state index is 9.66. The first-order valence-corrected chi connectivity index (χ1v) is 6.48. The highest BCUT2D eigenvalue weighted by Gasteiger charge is 2.10. The van der Waals surface area contributed by atoms with Crippen LogP contribution in [0, 0.1) is 0 Å². The fraction of sp³-hybridized carbons (Fsp3) is 0.250. The lowest BCUT2D eigenvalue weighted by atomic mass is 10.0. The summed E-state index contributed by atoms with van der Waals surface area (Å²) in [5.41, 5.74) is 2.67. The van der Waals surface area contributed by atoms with Crippen LogP contribution in [-0.4, -0.2) is 23.4 Å². The number of aromatic hydroxyl groups is 2. The lowest BCUT2D eigenvalue weighted by Crippen LogP contribution is -2.10. The zero-order valence-corrected chi connectivity index (χ0v) is 11.8. The van der Waals surface area contributed by atoms with Crippen LogP contribution < -0.4 is 10.1 Å². The third-order valence-corrected chi connectivity index (χ3v) is 2.96. The van der Waals surface area contributed by atoms with Gasteiger partial charge in [-0.2, -0.15) is 0 Å². The van der Waals surface area contributed by atoms with Gasteiger partial charge < -0.3 is 20.3 Å². The van der Waals surface area contributed by atoms with Crippen molar-refractivity contribution in [2.75, 3.05) is 12.4 Å². The molecule has 0 radical (unpaired) electrons. The minimum Gasteiger partial charge on any atom is -0.504 e. The Bertz CT molecular complexity index is 609. The smallest absolute Gasteiger partial charge is 0.158 e. The zero-order chi connectivity index (χ0) is 14.7. The molecule has 2 aromatic rings. The number of hydrogen-bond donors (Lipinski definition) is 3. The summed E-state index contributed by atoms with van der Waals surface area (Å²) in [5.74, 6) is 0.470. The zero-order valence-electron chi connectivity index (χ0n) is 11.8. The molecule has 0 spiro atoms. The predicted octanol–water partition coefficient (Wildman–Crippen LogP) is 3.59. The molecule has 3 N–H and O–H groups in total. The van der Waals surface area contributed by atoms with E-state index in [-0.39, 0.29) is 17.5 Å². The number of benzene rings is 2. The molecular weight excluding hydrogens is 254 g/mol. The molecule has 0 aromatic heterocycles. The van der Waals surface area contributed by atoms with Crippen molar-refractivity contribution in [1.82, 2.24) is 0 Å². The van der Waals surface area contributed by atoms with Gasteiger partial charge >= 0.3 is 0 Å². The molecule has 0 fully saturated rings. The molecule has 0 saturated heterocycles. The molecule has 4 heteroatoms. The third-order valence-electron chi connectivity index (χ3n) is 2.96. The number of phenols is 2. The largest absolute Gasteiger partial charge is 0.504 e. The number of anilines is 1. The molecule has 106 valence electrons. The second-order valence-electron chi connectivity index (χ2n) is 4.91. The molecular formula is C16H19NO3. The summed E-state index contributed by atoms with van der Waals surface area (Å²) < 4.78 is 5.25. The fourth-order valence-electron chi connectivity index (χ4n) is 2.02. The van der Waals surface area contributed by atoms with E-state index in [1.165, 1.54) is 12.1 Å². The first-order valence-electron chi connectivity index (χ1n) is 6.48. The molecule has 20 heavy (non-hydrogen) atoms. The van der Waals surface area contributed by atoms with Crippen molar-refractivity contribution in [3.05, 3.63) is 36.4 Å². The van der Waals surface area contributed by atoms with Gasteiger partial charge in [0, 0.05) is 17.3 Å². The van der Waals surface area contributed by atoms with Crippen LogP contribution in [0.25, 0.3) is 11.1 Å². The van der Waals surface area contributed by atoms with E-state index < -0.39 is 0 Å². The van der Waals surface area contributed by atoms with Crippen LogP contribution in [0.1, 0.15) is 13.8 Å². The number of methoxy groups -OCH3 is 1. The van der Waals surface area contributed by atoms with Gasteiger partial charge in [0.2, 0.25) is 0 Å². The van der Waals surface area contributed by atoms with Gasteiger partial charge in [0.15, 0.2) is 11.5 Å². The second kappa shape index (κ2) is 5.74. The Morgan fingerprint density at radius 1 is 1.00 bits per heavy atom. The van der Waals surface area contributed by atoms with Crippen molar-refractivity contribution in [1.29, 1.82) is 0 Å². The molecule has 0 heterocycles. The average molecular weight is 273 g/mol. The summed E-state index contributed by atoms with van der Waals surface area (Å²) in [5, 5.41) is 22.4. The van der Waals surface area contributed by atoms with Crippen LogP contribution in [0.3, 0.4) is 0 Å². The Labute approximate surface area is 118 Å². The topological polar surface area (TPSA) is 61.7 Å². The fourth-order valence-corrected chi connectivity index (χ4v) is 2.02. The molecule has 2 aromatic carbocycles. The lowest BCUT2D eigenvalue weighted by Gasteiger charge is -2.16. The van der Waals surface area contributed by atoms with Crippen LogP contribution in [0.15, 0.2) is 36.4 Å². The molecule has 0 bridgehead atoms. The Balaban J connectivity index is 2.53. The van der Waals surface area contributed by atoms with Crippen LogP contribution in [0.2, 0.25) is 0 Å². The average Bonchev–Trinajstić information content (AvgIpc) is 2.42. The Morgan fingerprint density at radius 2 is 1.75 bits per heavy atom. The van der Waals surface area contributed by atoms with Crippen LogP contribution in [-0.2, 0) is 0 Å². The minimum absolute atomic E-state index is 0.130. The van der Waals surface area contributed by atoms with Crippen molar-refractivity contribution in [2.24, 2.45) is 0 Å². The summed E-state index contributed by atoms with van der Waals surface area (Å²) >= 11 is 0. The van der Waals surface area contributed by atoms with Crippen molar-refractivity contribution in [3.63, 3.8) is 0 Å². The van der Waals surface area contributed by atoms with Crippen LogP contribution in [0.5, 0.6) is 17.2 Å². The maximum Gasteiger partial charge on any atom is 0.158 e. The van der Waals surface area contributed by atoms with Gasteiger partial charge in [0.05, 0.1) is 7.11 Å². The highest BCUT2D eigenvalue weighted by Crippen LogP contribution is 2.36. The maximum atomic E-state index is 9.66. The summed E-state index contributed by atoms with van der Waals surface area (Å²) in [4.78, 5) is 0. The molecule has 0 amide bonds. The van der Waals surface area contributed by atoms with E-state index in [1.54, 1.807) is 13.2 Å². The molecule has 0 atom stereocenters. The van der Waals surface area contributed by atoms with E-state index in [9.17, 15) is 10.2 Å². The quantitative estimate of drug-likeness (QED) is 0.745. The number of ether oxygens (including phenoxy) is 1. The van der Waals surface area contributed by atoms with Crippen molar-refractivity contribution in [3.8, 4) is 28.4 Å². The first kappa shape index (κ1) is 14.1. The van der Waals surface area contributed by atoms with E-state index in [1.807, 2.05) is 18.2 Å². The summed E-state index contributed by atoms with van der Waals surface area (Å²) in [6.07, 6.45) is 0. The lowest BCUT2D eigenvalue weighted by molar-refractivity contribution is 0.404. The number of nitrogens with one attached hydrogen (secondary N) is 1. The monoisotopic (exact) mass is 273 g/mol. The van der Waals surface area contributed by atoms with Gasteiger partial charge in [-0.1, -0.05) is 6.07 Å². The molecule has 0 aliphatic carbocycles. The highest BCUT2D eigenvalue weighted by molar-refractivity contribution is 5.80. The SMILES string of the molecule is COc1ccc(NC(C)C)c(-c2ccc(O)c(O)c2)c1. The number of rotatable bonds is 4. The van der Waals surface area contributed by atoms with E-state index in [0.717, 1.165) is 22.6 Å². The Morgan fingerprint density at radius 3 is 2.35 bits per heavy atom. The molecule has 2 rings (SSSR count). The molecule has 0 saturated carbocycles. The van der Waals surface area contributed by atoms with E-state index in [0.29, 0.717) is 0 Å². The van der Waals surface area contributed by atoms with Crippen molar-refractivity contribution in [2.45, 2.75) is 19.9 Å². The van der Waals surface area contributed by atoms with Gasteiger partial charge in [-0.15, -0.1) is 0 Å². The van der Waals surface area contributed by atoms with Gasteiger partial charge in [-0.3, -0.25) is 0 Å². The van der Waals surface area contributed by atoms with Gasteiger partial charge in [-0.25, -0.2) is 0 Å². The van der Waals surface area contributed by atoms with Crippen LogP contribution in [0.4, 0.5) is 5.69 Å². The molecule has 0 aliphatic rings. The number of phenolic OH excluding ortho intramolecular Hbond substituents is 2. The van der Waals surface area contributed by atoms with E-state index in [4.69, 9.17) is 4.74 Å². The van der Waals surface area contributed by atoms with Crippen molar-refractivity contribution >= 4 is 5.69 Å². The van der Waals surface area contributed by atoms with Crippen LogP contribution >= 0.6 is 0 Å². The second-order valence-corrected chi connectivity index (χ2v) is 4.91. The Kier molecular flexibility index (Phi) is 4.03. The molecule has 4 nitrogen and oxygen atoms in total. The van der Waals surface area contributed by atoms with Crippen molar-refractivity contribution < 1.29 is 14.9 Å². The third kappa shape index (κ3) is 2.96. The predicted molar refractivity (Wildman–Crippen MR) is 80.5 cm³/mol. The summed E-state index contributed by atoms with van der Waals surface area (Å²) in [7, 11) is 1.61. The summed E-state index contributed by atoms with van der Waals surface area (Å²) in [6.45, 7) is 4.12. The summed E-state index contributed by atoms with van der Waals surface area (Å²) in [6, 6.07) is 10.8. The van der Waals surface area contributed by atoms with Gasteiger partial charge in [0.1, 0.15) is 5.75 Å². The van der Waals surface area contributed by atoms with Gasteiger partial charge in [0.25, 0.3) is 0 Å². The minimum atomic E-state index is -0.138. The standard InChI is InChI=1S/C16H19NO3/c1-10(2)17-14-6-5-12(20-3)9-13(14)11-4-7-15(18)16(19)8-11/h4-10,17-19H,1-3H3. The molecule has 0 aliphatic heterocycles. The first-order chi connectivity index (χ1) is 9.51. The van der Waals surface area contributed by atoms with Gasteiger partial charge in [-0.05, 0) is 49.7 Å².